The summed E-state index contributed by atoms with van der Waals surface area (Å²) >= 11 is 0. The van der Waals surface area contributed by atoms with Gasteiger partial charge in [-0.1, -0.05) is 0 Å². The zero-order valence-electron chi connectivity index (χ0n) is 13.3. The normalized spacial score (nSPS) is 45.6. The van der Waals surface area contributed by atoms with Gasteiger partial charge in [0, 0.05) is 13.0 Å². The van der Waals surface area contributed by atoms with E-state index < -0.39 is 72.4 Å². The quantitative estimate of drug-likeness (QED) is 0.165. The Kier molecular flexibility index (Phi) is 7.54. The fourth-order valence-corrected chi connectivity index (χ4v) is 3.10. The van der Waals surface area contributed by atoms with E-state index >= 15 is 0 Å². The molecule has 2 saturated heterocycles. The lowest BCUT2D eigenvalue weighted by Gasteiger charge is -2.44. The predicted molar refractivity (Wildman–Crippen MR) is 85.4 cm³/mol. The van der Waals surface area contributed by atoms with Crippen LogP contribution in [-0.4, -0.2) is 105 Å². The number of nitrogens with one attached hydrogen (secondary N) is 2. The highest BCUT2D eigenvalue weighted by atomic mass is 32.2. The molecule has 0 aromatic carbocycles. The molecule has 2 heterocycles. The topological polar surface area (TPSA) is 185 Å². The minimum absolute atomic E-state index is 0.0106. The fraction of sp³-hybridized carbons (Fsp3) is 0.923. The predicted octanol–water partition coefficient (Wildman–Crippen LogP) is -4.04. The molecule has 11 nitrogen and oxygen atoms in total. The molecule has 0 spiro atoms. The summed E-state index contributed by atoms with van der Waals surface area (Å²) in [6.45, 7) is -0.431. The van der Waals surface area contributed by atoms with E-state index in [-0.39, 0.29) is 13.0 Å². The monoisotopic (exact) mass is 385 g/mol. The molecule has 9 atom stereocenters. The first-order chi connectivity index (χ1) is 11.7. The van der Waals surface area contributed by atoms with Gasteiger partial charge in [0.05, 0.1) is 18.8 Å². The van der Waals surface area contributed by atoms with Crippen LogP contribution in [0.15, 0.2) is 0 Å². The Morgan fingerprint density at radius 1 is 1.12 bits per heavy atom. The van der Waals surface area contributed by atoms with Gasteiger partial charge in [0.25, 0.3) is 0 Å². The summed E-state index contributed by atoms with van der Waals surface area (Å²) in [5.41, 5.74) is 0. The Morgan fingerprint density at radius 2 is 1.80 bits per heavy atom. The van der Waals surface area contributed by atoms with Gasteiger partial charge in [-0.15, -0.1) is 0 Å². The molecule has 0 aromatic rings. The van der Waals surface area contributed by atoms with Crippen LogP contribution in [-0.2, 0) is 24.7 Å². The molecule has 148 valence electrons. The van der Waals surface area contributed by atoms with Gasteiger partial charge in [-0.3, -0.25) is 0 Å². The second kappa shape index (κ2) is 9.01. The fourth-order valence-electron chi connectivity index (χ4n) is 2.74. The number of aliphatic hydroxyl groups is 6. The summed E-state index contributed by atoms with van der Waals surface area (Å²) in [4.78, 5) is 0. The Labute approximate surface area is 146 Å². The first kappa shape index (κ1) is 20.9. The summed E-state index contributed by atoms with van der Waals surface area (Å²) in [6.07, 6.45) is -11.9. The molecular formula is C13H25N2O9S-. The SMILES string of the molecule is C=[S-](=N)NCC1OC(O)C(O)C(O)C1OC1OC(CO)CC(O)C1O. The van der Waals surface area contributed by atoms with Gasteiger partial charge >= 0.3 is 0 Å². The largest absolute Gasteiger partial charge is 0.438 e. The third-order valence-corrected chi connectivity index (χ3v) is 4.63. The second-order valence-electron chi connectivity index (χ2n) is 5.99. The molecule has 0 aromatic heterocycles. The molecule has 2 aliphatic rings. The number of ether oxygens (including phenoxy) is 3. The lowest BCUT2D eigenvalue weighted by molar-refractivity contribution is -0.341. The first-order valence-electron chi connectivity index (χ1n) is 7.70. The zero-order chi connectivity index (χ0) is 18.7. The Morgan fingerprint density at radius 3 is 2.40 bits per heavy atom. The van der Waals surface area contributed by atoms with Gasteiger partial charge in [-0.05, 0) is 0 Å². The van der Waals surface area contributed by atoms with Crippen molar-refractivity contribution in [3.8, 4) is 0 Å². The molecule has 12 heteroatoms. The summed E-state index contributed by atoms with van der Waals surface area (Å²) in [7, 11) is -1.15. The highest BCUT2D eigenvalue weighted by Gasteiger charge is 2.47. The van der Waals surface area contributed by atoms with Crippen LogP contribution in [0.2, 0.25) is 0 Å². The van der Waals surface area contributed by atoms with Crippen molar-refractivity contribution in [3.05, 3.63) is 0 Å². The van der Waals surface area contributed by atoms with Gasteiger partial charge in [-0.2, -0.15) is 5.87 Å². The minimum Gasteiger partial charge on any atom is -0.438 e. The molecular weight excluding hydrogens is 360 g/mol. The maximum absolute atomic E-state index is 10.2. The van der Waals surface area contributed by atoms with Crippen molar-refractivity contribution < 1.29 is 44.8 Å². The maximum Gasteiger partial charge on any atom is 0.186 e. The van der Waals surface area contributed by atoms with Crippen LogP contribution in [0.4, 0.5) is 0 Å². The smallest absolute Gasteiger partial charge is 0.186 e. The first-order valence-corrected chi connectivity index (χ1v) is 9.10. The third kappa shape index (κ3) is 5.08. The summed E-state index contributed by atoms with van der Waals surface area (Å²) in [5, 5.41) is 58.7. The van der Waals surface area contributed by atoms with Crippen LogP contribution in [0.1, 0.15) is 6.42 Å². The molecule has 2 rings (SSSR count). The molecule has 25 heavy (non-hydrogen) atoms. The van der Waals surface area contributed by atoms with E-state index in [2.05, 4.69) is 10.6 Å². The van der Waals surface area contributed by atoms with Gasteiger partial charge in [-0.25, -0.2) is 0 Å². The Balaban J connectivity index is 2.13. The van der Waals surface area contributed by atoms with E-state index in [4.69, 9.17) is 19.0 Å². The lowest BCUT2D eigenvalue weighted by Crippen LogP contribution is -2.63. The number of hydrogen-bond donors (Lipinski definition) is 8. The molecule has 0 aliphatic carbocycles. The summed E-state index contributed by atoms with van der Waals surface area (Å²) in [5.74, 6) is 3.45. The standard InChI is InChI=1S/C13H25N2O9S/c1-25(14)15-3-7-11(9(19)10(20)12(21)23-7)24-13-8(18)6(17)2-5(4-16)22-13/h5-13,16-21H,1-4H2,(H2,14,15)/q-1. The molecule has 0 amide bonds. The van der Waals surface area contributed by atoms with E-state index in [9.17, 15) is 30.6 Å². The lowest BCUT2D eigenvalue weighted by atomic mass is 9.98. The van der Waals surface area contributed by atoms with Gasteiger partial charge in [0.15, 0.2) is 12.6 Å². The van der Waals surface area contributed by atoms with Crippen LogP contribution in [0.25, 0.3) is 0 Å². The highest BCUT2D eigenvalue weighted by Crippen LogP contribution is 2.28. The Bertz CT molecular complexity index is 500. The van der Waals surface area contributed by atoms with E-state index in [0.717, 1.165) is 0 Å². The van der Waals surface area contributed by atoms with E-state index in [1.165, 1.54) is 0 Å². The summed E-state index contributed by atoms with van der Waals surface area (Å²) in [6, 6.07) is 0. The van der Waals surface area contributed by atoms with E-state index in [0.29, 0.717) is 0 Å². The molecule has 0 bridgehead atoms. The number of aliphatic hydroxyl groups excluding tert-OH is 6. The van der Waals surface area contributed by atoms with Crippen molar-refractivity contribution in [2.24, 2.45) is 0 Å². The molecule has 2 aliphatic heterocycles. The third-order valence-electron chi connectivity index (χ3n) is 4.12. The molecule has 9 unspecified atom stereocenters. The van der Waals surface area contributed by atoms with E-state index in [1.807, 2.05) is 0 Å². The average molecular weight is 385 g/mol. The number of rotatable bonds is 6. The highest BCUT2D eigenvalue weighted by molar-refractivity contribution is 7.81. The van der Waals surface area contributed by atoms with Crippen LogP contribution < -0.4 is 4.72 Å². The minimum atomic E-state index is -1.66. The molecule has 0 radical (unpaired) electrons. The maximum atomic E-state index is 10.2. The average Bonchev–Trinajstić information content (AvgIpc) is 2.57. The van der Waals surface area contributed by atoms with Crippen molar-refractivity contribution in [2.45, 2.75) is 61.7 Å². The zero-order valence-corrected chi connectivity index (χ0v) is 14.2. The van der Waals surface area contributed by atoms with Crippen molar-refractivity contribution >= 4 is 16.3 Å². The van der Waals surface area contributed by atoms with Gasteiger partial charge in [0.2, 0.25) is 0 Å². The second-order valence-corrected chi connectivity index (χ2v) is 7.06. The van der Waals surface area contributed by atoms with Crippen LogP contribution in [0.3, 0.4) is 0 Å². The Hall–Kier alpha value is -0.380. The van der Waals surface area contributed by atoms with Crippen molar-refractivity contribution in [1.82, 2.24) is 4.72 Å². The van der Waals surface area contributed by atoms with Crippen molar-refractivity contribution in [3.63, 3.8) is 0 Å². The molecule has 8 N–H and O–H groups in total. The van der Waals surface area contributed by atoms with Gasteiger partial charge in [0.1, 0.15) is 30.5 Å². The molecule has 0 saturated carbocycles. The summed E-state index contributed by atoms with van der Waals surface area (Å²) < 4.78 is 26.1. The van der Waals surface area contributed by atoms with Crippen LogP contribution in [0, 0.1) is 4.78 Å². The van der Waals surface area contributed by atoms with E-state index in [1.54, 1.807) is 0 Å². The van der Waals surface area contributed by atoms with Crippen LogP contribution in [0.5, 0.6) is 0 Å². The number of hydrogen-bond acceptors (Lipinski definition) is 11. The van der Waals surface area contributed by atoms with Gasteiger partial charge < -0.3 is 64.8 Å². The van der Waals surface area contributed by atoms with Crippen LogP contribution >= 0.6 is 0 Å². The molecule has 2 fully saturated rings. The van der Waals surface area contributed by atoms with Crippen molar-refractivity contribution in [1.29, 1.82) is 4.78 Å². The van der Waals surface area contributed by atoms with Crippen molar-refractivity contribution in [2.75, 3.05) is 13.2 Å².